The number of para-hydroxylation sites is 2. The van der Waals surface area contributed by atoms with E-state index in [1.54, 1.807) is 12.4 Å². The van der Waals surface area contributed by atoms with Crippen molar-refractivity contribution in [3.05, 3.63) is 157 Å². The maximum absolute atomic E-state index is 4.85. The van der Waals surface area contributed by atoms with Gasteiger partial charge in [-0.15, -0.1) is 0 Å². The van der Waals surface area contributed by atoms with Crippen LogP contribution in [0.4, 0.5) is 17.1 Å². The molecule has 0 N–H and O–H groups in total. The standard InChI is InChI=1S/C35H26N4/c1-3-11-29(12-4-1)39(30-13-5-2-6-14-30)31-21-19-27(20-22-31)17-18-28-25-34(32-15-7-9-23-36-32)38-35(26-28)33-16-8-10-24-37-33/h1-26H/b18-17+. The Labute approximate surface area is 228 Å². The lowest BCUT2D eigenvalue weighted by Crippen LogP contribution is -2.09. The molecule has 0 aliphatic carbocycles. The van der Waals surface area contributed by atoms with E-state index in [1.165, 1.54) is 0 Å². The maximum Gasteiger partial charge on any atom is 0.0900 e. The fraction of sp³-hybridized carbons (Fsp3) is 0. The van der Waals surface area contributed by atoms with Gasteiger partial charge in [-0.1, -0.05) is 72.8 Å². The molecule has 0 spiro atoms. The van der Waals surface area contributed by atoms with Gasteiger partial charge < -0.3 is 4.90 Å². The summed E-state index contributed by atoms with van der Waals surface area (Å²) in [5.41, 5.74) is 8.77. The van der Waals surface area contributed by atoms with Crippen molar-refractivity contribution in [2.24, 2.45) is 0 Å². The molecule has 0 radical (unpaired) electrons. The average molecular weight is 503 g/mol. The first-order valence-electron chi connectivity index (χ1n) is 12.9. The second kappa shape index (κ2) is 11.4. The van der Waals surface area contributed by atoms with E-state index >= 15 is 0 Å². The molecule has 0 atom stereocenters. The van der Waals surface area contributed by atoms with Crippen LogP contribution in [0.3, 0.4) is 0 Å². The molecule has 186 valence electrons. The molecule has 6 aromatic rings. The third-order valence-electron chi connectivity index (χ3n) is 6.35. The molecule has 0 unspecified atom stereocenters. The lowest BCUT2D eigenvalue weighted by atomic mass is 10.1. The summed E-state index contributed by atoms with van der Waals surface area (Å²) in [6.07, 6.45) is 7.81. The summed E-state index contributed by atoms with van der Waals surface area (Å²) in [5, 5.41) is 0. The fourth-order valence-electron chi connectivity index (χ4n) is 4.47. The zero-order valence-electron chi connectivity index (χ0n) is 21.3. The lowest BCUT2D eigenvalue weighted by molar-refractivity contribution is 1.22. The first-order chi connectivity index (χ1) is 19.3. The molecule has 0 bridgehead atoms. The highest BCUT2D eigenvalue weighted by Crippen LogP contribution is 2.34. The molecule has 0 saturated carbocycles. The Balaban J connectivity index is 1.32. The number of rotatable bonds is 7. The first kappa shape index (κ1) is 24.0. The number of benzene rings is 3. The second-order valence-corrected chi connectivity index (χ2v) is 9.03. The topological polar surface area (TPSA) is 41.9 Å². The van der Waals surface area contributed by atoms with Crippen LogP contribution < -0.4 is 4.90 Å². The van der Waals surface area contributed by atoms with E-state index < -0.39 is 0 Å². The Morgan fingerprint density at radius 3 is 1.36 bits per heavy atom. The van der Waals surface area contributed by atoms with Crippen molar-refractivity contribution in [3.8, 4) is 22.8 Å². The summed E-state index contributed by atoms with van der Waals surface area (Å²) in [6.45, 7) is 0. The highest BCUT2D eigenvalue weighted by atomic mass is 15.1. The van der Waals surface area contributed by atoms with E-state index in [4.69, 9.17) is 4.98 Å². The second-order valence-electron chi connectivity index (χ2n) is 9.03. The molecule has 39 heavy (non-hydrogen) atoms. The Morgan fingerprint density at radius 1 is 0.410 bits per heavy atom. The van der Waals surface area contributed by atoms with Gasteiger partial charge >= 0.3 is 0 Å². The summed E-state index contributed by atoms with van der Waals surface area (Å²) < 4.78 is 0. The molecule has 3 aromatic heterocycles. The molecule has 6 rings (SSSR count). The SMILES string of the molecule is C(=C\c1cc(-c2ccccn2)nc(-c2ccccn2)c1)/c1ccc(N(c2ccccc2)c2ccccc2)cc1. The van der Waals surface area contributed by atoms with Crippen LogP contribution in [0.25, 0.3) is 34.9 Å². The molecular weight excluding hydrogens is 476 g/mol. The third-order valence-corrected chi connectivity index (χ3v) is 6.35. The average Bonchev–Trinajstić information content (AvgIpc) is 3.03. The van der Waals surface area contributed by atoms with Crippen molar-refractivity contribution in [3.63, 3.8) is 0 Å². The maximum atomic E-state index is 4.85. The number of aromatic nitrogens is 3. The molecule has 0 amide bonds. The van der Waals surface area contributed by atoms with Gasteiger partial charge in [0.1, 0.15) is 0 Å². The monoisotopic (exact) mass is 502 g/mol. The number of anilines is 3. The molecule has 0 aliphatic heterocycles. The van der Waals surface area contributed by atoms with Crippen molar-refractivity contribution in [1.29, 1.82) is 0 Å². The zero-order chi connectivity index (χ0) is 26.3. The third kappa shape index (κ3) is 5.65. The van der Waals surface area contributed by atoms with E-state index in [0.29, 0.717) is 0 Å². The van der Waals surface area contributed by atoms with Crippen molar-refractivity contribution in [1.82, 2.24) is 15.0 Å². The smallest absolute Gasteiger partial charge is 0.0900 e. The zero-order valence-corrected chi connectivity index (χ0v) is 21.3. The Morgan fingerprint density at radius 2 is 0.872 bits per heavy atom. The largest absolute Gasteiger partial charge is 0.311 e. The van der Waals surface area contributed by atoms with Crippen molar-refractivity contribution < 1.29 is 0 Å². The molecule has 4 heteroatoms. The van der Waals surface area contributed by atoms with E-state index in [0.717, 1.165) is 51.0 Å². The van der Waals surface area contributed by atoms with Crippen molar-refractivity contribution in [2.45, 2.75) is 0 Å². The van der Waals surface area contributed by atoms with Crippen molar-refractivity contribution in [2.75, 3.05) is 4.90 Å². The molecule has 4 nitrogen and oxygen atoms in total. The number of hydrogen-bond acceptors (Lipinski definition) is 4. The predicted octanol–water partition coefficient (Wildman–Crippen LogP) is 8.85. The van der Waals surface area contributed by atoms with Gasteiger partial charge in [-0.05, 0) is 83.9 Å². The minimum absolute atomic E-state index is 0.815. The highest BCUT2D eigenvalue weighted by molar-refractivity contribution is 5.79. The van der Waals surface area contributed by atoms with Crippen LogP contribution in [-0.4, -0.2) is 15.0 Å². The van der Waals surface area contributed by atoms with E-state index in [-0.39, 0.29) is 0 Å². The van der Waals surface area contributed by atoms with Gasteiger partial charge in [-0.2, -0.15) is 0 Å². The summed E-state index contributed by atoms with van der Waals surface area (Å²) in [7, 11) is 0. The van der Waals surface area contributed by atoms with Gasteiger partial charge in [0.2, 0.25) is 0 Å². The van der Waals surface area contributed by atoms with Crippen LogP contribution in [0.5, 0.6) is 0 Å². The Hall–Kier alpha value is -5.35. The highest BCUT2D eigenvalue weighted by Gasteiger charge is 2.11. The van der Waals surface area contributed by atoms with Crippen LogP contribution in [0.1, 0.15) is 11.1 Å². The lowest BCUT2D eigenvalue weighted by Gasteiger charge is -2.25. The minimum Gasteiger partial charge on any atom is -0.311 e. The van der Waals surface area contributed by atoms with Crippen LogP contribution >= 0.6 is 0 Å². The van der Waals surface area contributed by atoms with Crippen LogP contribution in [0.15, 0.2) is 146 Å². The normalized spacial score (nSPS) is 11.0. The van der Waals surface area contributed by atoms with Crippen molar-refractivity contribution >= 4 is 29.2 Å². The number of pyridine rings is 3. The summed E-state index contributed by atoms with van der Waals surface area (Å²) in [6, 6.07) is 45.3. The molecule has 3 heterocycles. The molecular formula is C35H26N4. The van der Waals surface area contributed by atoms with Gasteiger partial charge in [0.25, 0.3) is 0 Å². The summed E-state index contributed by atoms with van der Waals surface area (Å²) >= 11 is 0. The summed E-state index contributed by atoms with van der Waals surface area (Å²) in [4.78, 5) is 16.1. The molecule has 3 aromatic carbocycles. The number of hydrogen-bond donors (Lipinski definition) is 0. The van der Waals surface area contributed by atoms with Crippen LogP contribution in [0.2, 0.25) is 0 Å². The van der Waals surface area contributed by atoms with Gasteiger partial charge in [0, 0.05) is 29.5 Å². The predicted molar refractivity (Wildman–Crippen MR) is 161 cm³/mol. The quantitative estimate of drug-likeness (QED) is 0.219. The Kier molecular flexibility index (Phi) is 7.00. The molecule has 0 fully saturated rings. The van der Waals surface area contributed by atoms with E-state index in [9.17, 15) is 0 Å². The van der Waals surface area contributed by atoms with E-state index in [2.05, 4.69) is 112 Å². The van der Waals surface area contributed by atoms with Gasteiger partial charge in [0.15, 0.2) is 0 Å². The van der Waals surface area contributed by atoms with Gasteiger partial charge in [-0.25, -0.2) is 4.98 Å². The van der Waals surface area contributed by atoms with Gasteiger partial charge in [-0.3, -0.25) is 9.97 Å². The first-order valence-corrected chi connectivity index (χ1v) is 12.9. The summed E-state index contributed by atoms with van der Waals surface area (Å²) in [5.74, 6) is 0. The van der Waals surface area contributed by atoms with E-state index in [1.807, 2.05) is 48.5 Å². The minimum atomic E-state index is 0.815. The number of nitrogens with zero attached hydrogens (tertiary/aromatic N) is 4. The molecule has 0 saturated heterocycles. The van der Waals surface area contributed by atoms with Crippen LogP contribution in [-0.2, 0) is 0 Å². The Bertz CT molecular complexity index is 1570. The van der Waals surface area contributed by atoms with Gasteiger partial charge in [0.05, 0.1) is 22.8 Å². The fourth-order valence-corrected chi connectivity index (χ4v) is 4.47. The molecule has 0 aliphatic rings. The van der Waals surface area contributed by atoms with Crippen LogP contribution in [0, 0.1) is 0 Å².